The van der Waals surface area contributed by atoms with Crippen LogP contribution in [0.2, 0.25) is 30.1 Å². The average molecular weight is 1940 g/mol. The third-order valence-corrected chi connectivity index (χ3v) is 30.6. The molecule has 8 amide bonds. The molecule has 12 aliphatic carbocycles. The third kappa shape index (κ3) is 24.0. The van der Waals surface area contributed by atoms with Crippen molar-refractivity contribution >= 4 is 117 Å². The molecule has 12 fully saturated rings. The van der Waals surface area contributed by atoms with Gasteiger partial charge in [0.05, 0.1) is 41.8 Å². The lowest BCUT2D eigenvalue weighted by Crippen LogP contribution is -2.63. The standard InChI is InChI=1S/2C25H27Cl2FN2O3.2C25H27ClF2N2O3/c1-16-13-24(30-22(31)15-33-19-6-7-20(27)21(28)12-19)8-10-25(16,11-9-24)23(32)29-14-17-2-4-18(26)5-3-17;1-16-13-24(30-22(31)15-33-19-5-6-20(27)21(28)12-19)7-9-25(16,10-8-24)23(32)29-14-17-3-2-4-18(26)11-17;1-16-13-24(30-22(31)15-33-19-6-7-20(26)21(28)12-19)8-10-25(16,11-9-24)23(32)29-14-17-2-4-18(27)5-3-17;1-16-13-24(30-22(31)15-33-19-5-6-20(26)21(28)12-19)7-9-25(16,10-8-24)23(32)29-14-17-3-2-4-18(27)11-17/h2-7,12,16H,8-11,13-15H2,1H3,(H,29,32)(H,30,31);2-6,11-12,16H,7-10,13-15H2,1H3,(H,29,32)(H,30,31);2-7,12,16H,8-11,13-15H2,1H3,(H,29,32)(H,30,31);2-6,11-12,16H,7-10,13-15H2,1H3,(H,29,32)(H,30,31). The molecule has 8 N–H and O–H groups in total. The number of carbonyl (C=O) groups excluding carboxylic acids is 8. The van der Waals surface area contributed by atoms with Gasteiger partial charge in [-0.1, -0.05) is 146 Å². The molecule has 4 atom stereocenters. The van der Waals surface area contributed by atoms with Crippen molar-refractivity contribution in [2.24, 2.45) is 45.3 Å². The highest BCUT2D eigenvalue weighted by Gasteiger charge is 2.61. The van der Waals surface area contributed by atoms with E-state index in [2.05, 4.69) is 63.3 Å². The highest BCUT2D eigenvalue weighted by atomic mass is 35.5. The SMILES string of the molecule is CC1CC2(NC(=O)COc3ccc(Cl)c(F)c3)CCC1(C(=O)NCc1ccc(Cl)cc1)CC2.CC1CC2(NC(=O)COc3ccc(Cl)c(F)c3)CCC1(C(=O)NCc1ccc(F)cc1)CC2.CC1CC2(NC(=O)COc3ccc(Cl)c(F)c3)CCC1(C(=O)NCc1cccc(Cl)c1)CC2.CC1CC2(NC(=O)COc3ccc(Cl)c(F)c3)CCC1(C(=O)NCc1cccc(F)c1)CC2. The largest absolute Gasteiger partial charge is 0.484 e. The van der Waals surface area contributed by atoms with Gasteiger partial charge in [-0.05, 0) is 271 Å². The molecular weight excluding hydrogens is 1830 g/mol. The summed E-state index contributed by atoms with van der Waals surface area (Å²) in [7, 11) is 0. The van der Waals surface area contributed by atoms with E-state index in [-0.39, 0.29) is 181 Å². The zero-order valence-corrected chi connectivity index (χ0v) is 78.2. The van der Waals surface area contributed by atoms with E-state index in [0.717, 1.165) is 111 Å². The minimum absolute atomic E-state index is 0.00387. The van der Waals surface area contributed by atoms with Crippen LogP contribution in [0.15, 0.2) is 170 Å². The van der Waals surface area contributed by atoms with E-state index in [1.165, 1.54) is 72.8 Å². The Hall–Kier alpha value is -9.96. The van der Waals surface area contributed by atoms with E-state index < -0.39 is 44.9 Å². The number of amides is 8. The van der Waals surface area contributed by atoms with Gasteiger partial charge in [0, 0.05) is 82.6 Å². The fourth-order valence-corrected chi connectivity index (χ4v) is 22.1. The average Bonchev–Trinajstić information content (AvgIpc) is 0.748. The summed E-state index contributed by atoms with van der Waals surface area (Å²) in [6.07, 6.45) is 14.3. The molecule has 0 aromatic heterocycles. The molecule has 0 saturated heterocycles. The van der Waals surface area contributed by atoms with Gasteiger partial charge >= 0.3 is 0 Å². The van der Waals surface area contributed by atoms with E-state index in [0.29, 0.717) is 93.9 Å². The van der Waals surface area contributed by atoms with E-state index in [9.17, 15) is 64.7 Å². The fraction of sp³-hybridized carbons (Fsp3) is 0.440. The molecule has 32 heteroatoms. The molecule has 0 heterocycles. The van der Waals surface area contributed by atoms with Crippen molar-refractivity contribution in [2.75, 3.05) is 26.4 Å². The summed E-state index contributed by atoms with van der Waals surface area (Å²) < 4.78 is 102. The molecule has 0 spiro atoms. The lowest BCUT2D eigenvalue weighted by atomic mass is 9.52. The predicted octanol–water partition coefficient (Wildman–Crippen LogP) is 20.1. The number of hydrogen-bond donors (Lipinski definition) is 8. The van der Waals surface area contributed by atoms with Crippen molar-refractivity contribution in [1.29, 1.82) is 0 Å². The Labute approximate surface area is 794 Å². The molecular formula is C100H108Cl6F6N8O12. The number of benzene rings is 8. The number of halogens is 12. The van der Waals surface area contributed by atoms with Crippen molar-refractivity contribution in [1.82, 2.24) is 42.5 Å². The van der Waals surface area contributed by atoms with Crippen LogP contribution in [-0.2, 0) is 64.5 Å². The summed E-state index contributed by atoms with van der Waals surface area (Å²) >= 11 is 34.7. The minimum Gasteiger partial charge on any atom is -0.484 e. The van der Waals surface area contributed by atoms with Gasteiger partial charge in [-0.3, -0.25) is 38.4 Å². The second kappa shape index (κ2) is 42.7. The first-order valence-corrected chi connectivity index (χ1v) is 46.8. The van der Waals surface area contributed by atoms with Crippen LogP contribution in [0.3, 0.4) is 0 Å². The monoisotopic (exact) mass is 1940 g/mol. The maximum Gasteiger partial charge on any atom is 0.258 e. The topological polar surface area (TPSA) is 270 Å². The molecule has 12 saturated carbocycles. The first-order valence-electron chi connectivity index (χ1n) is 44.5. The second-order valence-corrected chi connectivity index (χ2v) is 39.6. The van der Waals surface area contributed by atoms with E-state index in [1.807, 2.05) is 55.5 Å². The number of fused-ring (bicyclic) bond motifs is 12. The summed E-state index contributed by atoms with van der Waals surface area (Å²) in [5.41, 5.74) is 0.408. The Kier molecular flexibility index (Phi) is 32.2. The van der Waals surface area contributed by atoms with Crippen LogP contribution in [0, 0.1) is 80.2 Å². The highest BCUT2D eigenvalue weighted by molar-refractivity contribution is 6.32. The van der Waals surface area contributed by atoms with Gasteiger partial charge in [0.25, 0.3) is 23.6 Å². The Morgan fingerprint density at radius 2 is 0.545 bits per heavy atom. The maximum atomic E-state index is 13.6. The number of carbonyl (C=O) groups is 8. The normalized spacial score (nSPS) is 26.0. The van der Waals surface area contributed by atoms with Gasteiger partial charge in [0.1, 0.15) is 57.9 Å². The Balaban J connectivity index is 0.000000150. The number of nitrogens with one attached hydrogen (secondary N) is 8. The zero-order valence-electron chi connectivity index (χ0n) is 73.7. The zero-order chi connectivity index (χ0) is 94.6. The predicted molar refractivity (Wildman–Crippen MR) is 493 cm³/mol. The molecule has 20 rings (SSSR count). The molecule has 0 radical (unpaired) electrons. The van der Waals surface area contributed by atoms with Crippen LogP contribution in [0.4, 0.5) is 26.3 Å². The first kappa shape index (κ1) is 99.5. The second-order valence-electron chi connectivity index (χ2n) is 37.1. The van der Waals surface area contributed by atoms with Crippen molar-refractivity contribution < 1.29 is 83.6 Å². The molecule has 132 heavy (non-hydrogen) atoms. The summed E-state index contributed by atoms with van der Waals surface area (Å²) in [4.78, 5) is 103. The number of ether oxygens (including phenoxy) is 4. The quantitative estimate of drug-likeness (QED) is 0.0213. The van der Waals surface area contributed by atoms with Crippen LogP contribution in [0.5, 0.6) is 23.0 Å². The Bertz CT molecular complexity index is 5180. The maximum absolute atomic E-state index is 13.6. The van der Waals surface area contributed by atoms with Crippen LogP contribution >= 0.6 is 69.6 Å². The molecule has 0 aliphatic heterocycles. The summed E-state index contributed by atoms with van der Waals surface area (Å²) in [6, 6.07) is 43.5. The van der Waals surface area contributed by atoms with Gasteiger partial charge < -0.3 is 61.5 Å². The fourth-order valence-electron chi connectivity index (χ4n) is 21.2. The highest BCUT2D eigenvalue weighted by Crippen LogP contribution is 2.60. The van der Waals surface area contributed by atoms with Gasteiger partial charge in [-0.15, -0.1) is 0 Å². The smallest absolute Gasteiger partial charge is 0.258 e. The molecule has 12 aliphatic rings. The Morgan fingerprint density at radius 1 is 0.288 bits per heavy atom. The van der Waals surface area contributed by atoms with Crippen LogP contribution in [-0.4, -0.2) is 95.8 Å². The minimum atomic E-state index is -0.603. The molecule has 4 unspecified atom stereocenters. The molecule has 8 bridgehead atoms. The van der Waals surface area contributed by atoms with Crippen molar-refractivity contribution in [3.05, 3.63) is 257 Å². The lowest BCUT2D eigenvalue weighted by molar-refractivity contribution is -0.147. The van der Waals surface area contributed by atoms with Crippen molar-refractivity contribution in [3.8, 4) is 23.0 Å². The van der Waals surface area contributed by atoms with Crippen molar-refractivity contribution in [3.63, 3.8) is 0 Å². The van der Waals surface area contributed by atoms with Crippen LogP contribution in [0.1, 0.15) is 178 Å². The molecule has 8 aromatic rings. The van der Waals surface area contributed by atoms with E-state index >= 15 is 0 Å². The van der Waals surface area contributed by atoms with Crippen molar-refractivity contribution in [2.45, 2.75) is 204 Å². The number of hydrogen-bond acceptors (Lipinski definition) is 12. The Morgan fingerprint density at radius 3 is 0.803 bits per heavy atom. The van der Waals surface area contributed by atoms with Gasteiger partial charge in [-0.2, -0.15) is 0 Å². The van der Waals surface area contributed by atoms with E-state index in [1.54, 1.807) is 24.3 Å². The van der Waals surface area contributed by atoms with E-state index in [4.69, 9.17) is 88.6 Å². The van der Waals surface area contributed by atoms with Crippen LogP contribution in [0.25, 0.3) is 0 Å². The molecule has 704 valence electrons. The van der Waals surface area contributed by atoms with Gasteiger partial charge in [0.2, 0.25) is 23.6 Å². The third-order valence-electron chi connectivity index (χ3n) is 28.8. The van der Waals surface area contributed by atoms with Crippen LogP contribution < -0.4 is 61.5 Å². The molecule has 20 nitrogen and oxygen atoms in total. The first-order chi connectivity index (χ1) is 62.8. The lowest BCUT2D eigenvalue weighted by Gasteiger charge is -2.56. The van der Waals surface area contributed by atoms with Gasteiger partial charge in [-0.25, -0.2) is 26.3 Å². The summed E-state index contributed by atoms with van der Waals surface area (Å²) in [5, 5.41) is 26.0. The number of rotatable bonds is 28. The summed E-state index contributed by atoms with van der Waals surface area (Å²) in [6.45, 7) is 8.99. The summed E-state index contributed by atoms with van der Waals surface area (Å²) in [5.74, 6) is -2.48. The van der Waals surface area contributed by atoms with Gasteiger partial charge in [0.15, 0.2) is 26.4 Å². The molecule has 8 aromatic carbocycles.